The van der Waals surface area contributed by atoms with Crippen LogP contribution in [0.3, 0.4) is 0 Å². The highest BCUT2D eigenvalue weighted by atomic mass is 32.1. The van der Waals surface area contributed by atoms with Gasteiger partial charge in [-0.2, -0.15) is 0 Å². The Morgan fingerprint density at radius 2 is 2.05 bits per heavy atom. The van der Waals surface area contributed by atoms with Crippen LogP contribution in [-0.4, -0.2) is 22.5 Å². The minimum Gasteiger partial charge on any atom is -0.476 e. The van der Waals surface area contributed by atoms with Gasteiger partial charge in [-0.1, -0.05) is 12.1 Å². The van der Waals surface area contributed by atoms with E-state index in [1.54, 1.807) is 11.3 Å². The van der Waals surface area contributed by atoms with Gasteiger partial charge >= 0.3 is 0 Å². The lowest BCUT2D eigenvalue weighted by Gasteiger charge is -2.07. The summed E-state index contributed by atoms with van der Waals surface area (Å²) in [5.41, 5.74) is 2.86. The molecule has 0 saturated heterocycles. The number of amides is 1. The average Bonchev–Trinajstić information content (AvgIpc) is 2.98. The third-order valence-electron chi connectivity index (χ3n) is 3.11. The molecule has 3 rings (SSSR count). The van der Waals surface area contributed by atoms with Gasteiger partial charge in [-0.05, 0) is 29.1 Å². The number of nitrogens with zero attached hydrogens (tertiary/aromatic N) is 2. The predicted octanol–water partition coefficient (Wildman–Crippen LogP) is 3.27. The first-order valence-electron chi connectivity index (χ1n) is 6.90. The highest BCUT2D eigenvalue weighted by molar-refractivity contribution is 7.17. The number of fused-ring (bicyclic) bond motifs is 1. The normalized spacial score (nSPS) is 10.6. The Hall–Kier alpha value is -2.47. The van der Waals surface area contributed by atoms with Crippen molar-refractivity contribution < 1.29 is 9.53 Å². The molecule has 0 saturated carbocycles. The summed E-state index contributed by atoms with van der Waals surface area (Å²) in [6, 6.07) is 9.69. The SMILES string of the molecule is CC(=O)Nc1ccc(CCOc2ncnc3ccsc23)cc1. The van der Waals surface area contributed by atoms with Gasteiger partial charge in [-0.3, -0.25) is 4.79 Å². The fraction of sp³-hybridized carbons (Fsp3) is 0.188. The molecule has 2 aromatic heterocycles. The molecule has 112 valence electrons. The number of hydrogen-bond donors (Lipinski definition) is 1. The Kier molecular flexibility index (Phi) is 4.29. The molecule has 0 aliphatic heterocycles. The number of ether oxygens (including phenoxy) is 1. The molecule has 3 aromatic rings. The van der Waals surface area contributed by atoms with Crippen molar-refractivity contribution in [2.45, 2.75) is 13.3 Å². The van der Waals surface area contributed by atoms with Crippen LogP contribution in [0.4, 0.5) is 5.69 Å². The maximum atomic E-state index is 11.0. The number of carbonyl (C=O) groups is 1. The zero-order chi connectivity index (χ0) is 15.4. The Bertz CT molecular complexity index is 783. The standard InChI is InChI=1S/C16H15N3O2S/c1-11(20)19-13-4-2-12(3-5-13)6-8-21-16-15-14(7-9-22-15)17-10-18-16/h2-5,7,9-10H,6,8H2,1H3,(H,19,20). The molecule has 0 radical (unpaired) electrons. The summed E-state index contributed by atoms with van der Waals surface area (Å²) < 4.78 is 6.74. The minimum absolute atomic E-state index is 0.0696. The molecule has 0 aliphatic carbocycles. The van der Waals surface area contributed by atoms with E-state index >= 15 is 0 Å². The van der Waals surface area contributed by atoms with Crippen LogP contribution >= 0.6 is 11.3 Å². The topological polar surface area (TPSA) is 64.1 Å². The van der Waals surface area contributed by atoms with Gasteiger partial charge in [0.1, 0.15) is 11.0 Å². The lowest BCUT2D eigenvalue weighted by molar-refractivity contribution is -0.114. The Labute approximate surface area is 132 Å². The number of thiophene rings is 1. The molecule has 1 N–H and O–H groups in total. The summed E-state index contributed by atoms with van der Waals surface area (Å²) >= 11 is 1.58. The fourth-order valence-electron chi connectivity index (χ4n) is 2.09. The second-order valence-electron chi connectivity index (χ2n) is 4.79. The summed E-state index contributed by atoms with van der Waals surface area (Å²) in [6.07, 6.45) is 2.30. The van der Waals surface area contributed by atoms with Crippen molar-refractivity contribution >= 4 is 33.1 Å². The van der Waals surface area contributed by atoms with E-state index in [1.165, 1.54) is 13.3 Å². The van der Waals surface area contributed by atoms with Crippen molar-refractivity contribution in [1.82, 2.24) is 9.97 Å². The second kappa shape index (κ2) is 6.53. The number of aromatic nitrogens is 2. The number of benzene rings is 1. The highest BCUT2D eigenvalue weighted by Gasteiger charge is 2.06. The lowest BCUT2D eigenvalue weighted by Crippen LogP contribution is -2.06. The van der Waals surface area contributed by atoms with Gasteiger partial charge in [0.05, 0.1) is 12.1 Å². The molecule has 5 nitrogen and oxygen atoms in total. The number of hydrogen-bond acceptors (Lipinski definition) is 5. The number of nitrogens with one attached hydrogen (secondary N) is 1. The van der Waals surface area contributed by atoms with E-state index in [4.69, 9.17) is 4.74 Å². The van der Waals surface area contributed by atoms with E-state index in [2.05, 4.69) is 15.3 Å². The zero-order valence-corrected chi connectivity index (χ0v) is 12.9. The molecular weight excluding hydrogens is 298 g/mol. The minimum atomic E-state index is -0.0696. The molecule has 0 aliphatic rings. The molecule has 2 heterocycles. The van der Waals surface area contributed by atoms with Gasteiger partial charge in [0.15, 0.2) is 0 Å². The molecule has 0 fully saturated rings. The fourth-order valence-corrected chi connectivity index (χ4v) is 2.88. The van der Waals surface area contributed by atoms with E-state index in [0.29, 0.717) is 12.5 Å². The van der Waals surface area contributed by atoms with Crippen LogP contribution in [0.1, 0.15) is 12.5 Å². The second-order valence-corrected chi connectivity index (χ2v) is 5.71. The van der Waals surface area contributed by atoms with E-state index in [0.717, 1.165) is 27.9 Å². The quantitative estimate of drug-likeness (QED) is 0.785. The van der Waals surface area contributed by atoms with Crippen LogP contribution in [0.2, 0.25) is 0 Å². The predicted molar refractivity (Wildman–Crippen MR) is 87.4 cm³/mol. The summed E-state index contributed by atoms with van der Waals surface area (Å²) in [4.78, 5) is 19.3. The van der Waals surface area contributed by atoms with Crippen molar-refractivity contribution in [3.63, 3.8) is 0 Å². The number of rotatable bonds is 5. The molecule has 0 unspecified atom stereocenters. The van der Waals surface area contributed by atoms with Crippen molar-refractivity contribution in [3.05, 3.63) is 47.6 Å². The van der Waals surface area contributed by atoms with Gasteiger partial charge in [0.2, 0.25) is 11.8 Å². The smallest absolute Gasteiger partial charge is 0.234 e. The maximum absolute atomic E-state index is 11.0. The van der Waals surface area contributed by atoms with Crippen molar-refractivity contribution in [2.24, 2.45) is 0 Å². The maximum Gasteiger partial charge on any atom is 0.234 e. The van der Waals surface area contributed by atoms with Gasteiger partial charge in [-0.25, -0.2) is 9.97 Å². The van der Waals surface area contributed by atoms with Crippen LogP contribution in [-0.2, 0) is 11.2 Å². The molecule has 0 atom stereocenters. The average molecular weight is 313 g/mol. The summed E-state index contributed by atoms with van der Waals surface area (Å²) in [5.74, 6) is 0.565. The summed E-state index contributed by atoms with van der Waals surface area (Å²) in [5, 5.41) is 4.72. The van der Waals surface area contributed by atoms with Crippen LogP contribution in [0, 0.1) is 0 Å². The third-order valence-corrected chi connectivity index (χ3v) is 4.01. The van der Waals surface area contributed by atoms with Crippen molar-refractivity contribution in [3.8, 4) is 5.88 Å². The van der Waals surface area contributed by atoms with Gasteiger partial charge in [-0.15, -0.1) is 11.3 Å². The monoisotopic (exact) mass is 313 g/mol. The first kappa shape index (κ1) is 14.5. The van der Waals surface area contributed by atoms with Crippen LogP contribution in [0.5, 0.6) is 5.88 Å². The summed E-state index contributed by atoms with van der Waals surface area (Å²) in [6.45, 7) is 2.04. The first-order valence-corrected chi connectivity index (χ1v) is 7.78. The van der Waals surface area contributed by atoms with Gasteiger partial charge in [0, 0.05) is 19.0 Å². The van der Waals surface area contributed by atoms with Crippen LogP contribution in [0.15, 0.2) is 42.0 Å². The summed E-state index contributed by atoms with van der Waals surface area (Å²) in [7, 11) is 0. The highest BCUT2D eigenvalue weighted by Crippen LogP contribution is 2.26. The molecular formula is C16H15N3O2S. The molecule has 0 bridgehead atoms. The van der Waals surface area contributed by atoms with Crippen LogP contribution < -0.4 is 10.1 Å². The molecule has 6 heteroatoms. The molecule has 0 spiro atoms. The Balaban J connectivity index is 1.59. The molecule has 1 aromatic carbocycles. The van der Waals surface area contributed by atoms with Crippen LogP contribution in [0.25, 0.3) is 10.2 Å². The van der Waals surface area contributed by atoms with E-state index in [9.17, 15) is 4.79 Å². The lowest BCUT2D eigenvalue weighted by atomic mass is 10.1. The van der Waals surface area contributed by atoms with Crippen molar-refractivity contribution in [2.75, 3.05) is 11.9 Å². The van der Waals surface area contributed by atoms with Crippen molar-refractivity contribution in [1.29, 1.82) is 0 Å². The number of carbonyl (C=O) groups excluding carboxylic acids is 1. The van der Waals surface area contributed by atoms with E-state index < -0.39 is 0 Å². The Morgan fingerprint density at radius 1 is 1.23 bits per heavy atom. The van der Waals surface area contributed by atoms with Gasteiger partial charge in [0.25, 0.3) is 0 Å². The largest absolute Gasteiger partial charge is 0.476 e. The third kappa shape index (κ3) is 3.40. The first-order chi connectivity index (χ1) is 10.7. The van der Waals surface area contributed by atoms with E-state index in [1.807, 2.05) is 35.7 Å². The zero-order valence-electron chi connectivity index (χ0n) is 12.1. The number of anilines is 1. The molecule has 1 amide bonds. The van der Waals surface area contributed by atoms with Gasteiger partial charge < -0.3 is 10.1 Å². The molecule has 22 heavy (non-hydrogen) atoms. The Morgan fingerprint density at radius 3 is 2.82 bits per heavy atom. The van der Waals surface area contributed by atoms with E-state index in [-0.39, 0.29) is 5.91 Å².